The molecule has 4 heterocycles. The van der Waals surface area contributed by atoms with Crippen molar-refractivity contribution < 1.29 is 0 Å². The highest BCUT2D eigenvalue weighted by molar-refractivity contribution is 8.05. The molecule has 61 heavy (non-hydrogen) atoms. The van der Waals surface area contributed by atoms with Crippen molar-refractivity contribution in [3.8, 4) is 11.1 Å². The summed E-state index contributed by atoms with van der Waals surface area (Å²) in [5, 5.41) is 1.37. The van der Waals surface area contributed by atoms with Gasteiger partial charge in [-0.1, -0.05) is 149 Å². The Morgan fingerprint density at radius 1 is 0.672 bits per heavy atom. The zero-order chi connectivity index (χ0) is 42.5. The standard InChI is InChI=1S/C56H57BN2S2/c1-53(2,3)34-19-24-37(25-20-34)58-44-17-14-18-45-49(44)57(51-46(58)30-33-29-36(55(7,8)9)23-28-47(33)60-51)52-50(59(45)38-26-21-35(22-27-38)54(4,5)6)41-31-40-39-15-12-13-16-42(39)56(10,11)43(40)32-48(41)61-52/h12-29,31-32,44,49H,30H2,1-11H3. The quantitative estimate of drug-likeness (QED) is 0.161. The van der Waals surface area contributed by atoms with Gasteiger partial charge in [-0.2, -0.15) is 0 Å². The maximum absolute atomic E-state index is 2.75. The number of thiophene rings is 1. The van der Waals surface area contributed by atoms with Crippen molar-refractivity contribution in [3.05, 3.63) is 171 Å². The summed E-state index contributed by atoms with van der Waals surface area (Å²) in [5.74, 6) is 0.223. The second-order valence-corrected chi connectivity index (χ2v) is 24.0. The van der Waals surface area contributed by atoms with E-state index in [1.807, 2.05) is 0 Å². The van der Waals surface area contributed by atoms with Gasteiger partial charge in [-0.25, -0.2) is 0 Å². The first kappa shape index (κ1) is 39.2. The molecule has 306 valence electrons. The maximum atomic E-state index is 2.75. The summed E-state index contributed by atoms with van der Waals surface area (Å²) in [4.78, 5) is 8.36. The summed E-state index contributed by atoms with van der Waals surface area (Å²) in [7, 11) is 0. The number of hydrogen-bond donors (Lipinski definition) is 0. The zero-order valence-electron chi connectivity index (χ0n) is 37.7. The van der Waals surface area contributed by atoms with Crippen LogP contribution in [-0.4, -0.2) is 12.8 Å². The molecular formula is C56H57BN2S2. The SMILES string of the molecule is CC(C)(C)c1ccc(N2C3=CC=CC4C3B(C3=C(Cc5cc(C(C)(C)C)ccc5S3)N4c3ccc(C(C)(C)C)cc3)c3sc4cc5c(cc4c32)-c2ccccc2C5(C)C)cc1. The van der Waals surface area contributed by atoms with Gasteiger partial charge in [0.05, 0.1) is 11.7 Å². The molecule has 2 atom stereocenters. The van der Waals surface area contributed by atoms with E-state index in [1.54, 1.807) is 0 Å². The van der Waals surface area contributed by atoms with E-state index in [4.69, 9.17) is 0 Å². The van der Waals surface area contributed by atoms with Crippen LogP contribution in [0.1, 0.15) is 110 Å². The minimum Gasteiger partial charge on any atom is -0.338 e. The molecule has 6 aromatic rings. The van der Waals surface area contributed by atoms with Crippen LogP contribution in [0.4, 0.5) is 17.1 Å². The van der Waals surface area contributed by atoms with Gasteiger partial charge in [-0.3, -0.25) is 0 Å². The van der Waals surface area contributed by atoms with Gasteiger partial charge in [0.1, 0.15) is 0 Å². The molecule has 0 N–H and O–H groups in total. The first-order valence-corrected chi connectivity index (χ1v) is 24.0. The summed E-state index contributed by atoms with van der Waals surface area (Å²) >= 11 is 4.11. The molecular weight excluding hydrogens is 776 g/mol. The third-order valence-electron chi connectivity index (χ3n) is 14.5. The van der Waals surface area contributed by atoms with Crippen LogP contribution in [-0.2, 0) is 28.1 Å². The minimum atomic E-state index is -0.0585. The Balaban J connectivity index is 1.18. The van der Waals surface area contributed by atoms with Crippen LogP contribution in [0.5, 0.6) is 0 Å². The van der Waals surface area contributed by atoms with Crippen LogP contribution in [0.25, 0.3) is 21.2 Å². The minimum absolute atomic E-state index is 0.0585. The number of nitrogens with zero attached hydrogens (tertiary/aromatic N) is 2. The number of benzene rings is 5. The molecule has 2 unspecified atom stereocenters. The van der Waals surface area contributed by atoms with E-state index >= 15 is 0 Å². The summed E-state index contributed by atoms with van der Waals surface area (Å²) in [6, 6.07) is 40.8. The maximum Gasteiger partial charge on any atom is 0.247 e. The molecule has 0 fully saturated rings. The normalized spacial score (nSPS) is 19.9. The number of fused-ring (bicyclic) bond motifs is 9. The average Bonchev–Trinajstić information content (AvgIpc) is 3.69. The fourth-order valence-corrected chi connectivity index (χ4v) is 13.8. The van der Waals surface area contributed by atoms with Crippen LogP contribution in [0, 0.1) is 0 Å². The van der Waals surface area contributed by atoms with E-state index in [2.05, 4.69) is 230 Å². The molecule has 5 heteroatoms. The van der Waals surface area contributed by atoms with Crippen molar-refractivity contribution in [2.45, 2.75) is 121 Å². The molecule has 5 aliphatic rings. The third-order valence-corrected chi connectivity index (χ3v) is 17.0. The predicted molar refractivity (Wildman–Crippen MR) is 266 cm³/mol. The molecule has 0 amide bonds. The van der Waals surface area contributed by atoms with Gasteiger partial charge >= 0.3 is 0 Å². The van der Waals surface area contributed by atoms with Crippen molar-refractivity contribution in [1.82, 2.24) is 0 Å². The number of hydrogen-bond acceptors (Lipinski definition) is 4. The van der Waals surface area contributed by atoms with Crippen LogP contribution < -0.4 is 14.6 Å². The highest BCUT2D eigenvalue weighted by atomic mass is 32.2. The van der Waals surface area contributed by atoms with Gasteiger partial charge in [0.2, 0.25) is 6.71 Å². The van der Waals surface area contributed by atoms with Gasteiger partial charge < -0.3 is 9.80 Å². The van der Waals surface area contributed by atoms with Gasteiger partial charge in [0.25, 0.3) is 0 Å². The molecule has 3 aliphatic heterocycles. The van der Waals surface area contributed by atoms with Crippen molar-refractivity contribution in [1.29, 1.82) is 0 Å². The smallest absolute Gasteiger partial charge is 0.247 e. The van der Waals surface area contributed by atoms with Gasteiger partial charge in [-0.05, 0) is 114 Å². The molecule has 0 saturated heterocycles. The fourth-order valence-electron chi connectivity index (χ4n) is 11.0. The van der Waals surface area contributed by atoms with Crippen molar-refractivity contribution in [2.24, 2.45) is 0 Å². The van der Waals surface area contributed by atoms with E-state index in [9.17, 15) is 0 Å². The second kappa shape index (κ2) is 13.2. The Bertz CT molecular complexity index is 2900. The lowest BCUT2D eigenvalue weighted by atomic mass is 9.33. The highest BCUT2D eigenvalue weighted by Crippen LogP contribution is 2.59. The molecule has 0 radical (unpaired) electrons. The first-order chi connectivity index (χ1) is 28.9. The van der Waals surface area contributed by atoms with E-state index in [-0.39, 0.29) is 40.2 Å². The molecule has 0 bridgehead atoms. The van der Waals surface area contributed by atoms with Gasteiger partial charge in [-0.15, -0.1) is 23.1 Å². The first-order valence-electron chi connectivity index (χ1n) is 22.3. The van der Waals surface area contributed by atoms with Crippen LogP contribution >= 0.6 is 23.1 Å². The largest absolute Gasteiger partial charge is 0.338 e. The second-order valence-electron chi connectivity index (χ2n) is 21.8. The van der Waals surface area contributed by atoms with Crippen LogP contribution in [0.3, 0.4) is 0 Å². The van der Waals surface area contributed by atoms with Crippen molar-refractivity contribution >= 4 is 61.7 Å². The van der Waals surface area contributed by atoms with E-state index < -0.39 is 0 Å². The molecule has 2 aliphatic carbocycles. The molecule has 5 aromatic carbocycles. The van der Waals surface area contributed by atoms with Crippen LogP contribution in [0.15, 0.2) is 142 Å². The summed E-state index contributed by atoms with van der Waals surface area (Å²) < 4.78 is 2.90. The van der Waals surface area contributed by atoms with Gasteiger partial charge in [0, 0.05) is 60.2 Å². The highest BCUT2D eigenvalue weighted by Gasteiger charge is 2.55. The fraction of sp³-hybridized carbons (Fsp3) is 0.321. The zero-order valence-corrected chi connectivity index (χ0v) is 39.3. The van der Waals surface area contributed by atoms with Crippen LogP contribution in [0.2, 0.25) is 5.82 Å². The third kappa shape index (κ3) is 5.89. The molecule has 0 spiro atoms. The number of rotatable bonds is 2. The molecule has 1 aromatic heterocycles. The molecule has 2 nitrogen and oxygen atoms in total. The van der Waals surface area contributed by atoms with Crippen molar-refractivity contribution in [3.63, 3.8) is 0 Å². The Morgan fingerprint density at radius 3 is 1.98 bits per heavy atom. The summed E-state index contributed by atoms with van der Waals surface area (Å²) in [6.07, 6.45) is 8.26. The Hall–Kier alpha value is -4.71. The Kier molecular flexibility index (Phi) is 8.45. The summed E-state index contributed by atoms with van der Waals surface area (Å²) in [5.41, 5.74) is 18.2. The lowest BCUT2D eigenvalue weighted by Crippen LogP contribution is -2.58. The van der Waals surface area contributed by atoms with E-state index in [1.165, 1.54) is 97.5 Å². The van der Waals surface area contributed by atoms with Crippen molar-refractivity contribution in [2.75, 3.05) is 9.80 Å². The number of allylic oxidation sites excluding steroid dienone is 3. The molecule has 11 rings (SSSR count). The Labute approximate surface area is 372 Å². The van der Waals surface area contributed by atoms with Gasteiger partial charge in [0.15, 0.2) is 0 Å². The monoisotopic (exact) mass is 832 g/mol. The number of thioether (sulfide) groups is 1. The van der Waals surface area contributed by atoms with E-state index in [0.717, 1.165) is 6.42 Å². The summed E-state index contributed by atoms with van der Waals surface area (Å²) in [6.45, 7) is 26.0. The lowest BCUT2D eigenvalue weighted by molar-refractivity contribution is 0.588. The lowest BCUT2D eigenvalue weighted by Gasteiger charge is -2.53. The topological polar surface area (TPSA) is 6.48 Å². The Morgan fingerprint density at radius 2 is 1.31 bits per heavy atom. The average molecular weight is 833 g/mol. The molecule has 0 saturated carbocycles. The predicted octanol–water partition coefficient (Wildman–Crippen LogP) is 14.8. The van der Waals surface area contributed by atoms with E-state index in [0.29, 0.717) is 0 Å². The number of anilines is 3.